The molecule has 0 aromatic heterocycles. The highest BCUT2D eigenvalue weighted by atomic mass is 16.5. The largest absolute Gasteiger partial charge is 0.389 e. The molecule has 0 aromatic rings. The first-order chi connectivity index (χ1) is 7.54. The first-order valence-electron chi connectivity index (χ1n) is 5.66. The van der Waals surface area contributed by atoms with Crippen molar-refractivity contribution in [1.29, 1.82) is 0 Å². The van der Waals surface area contributed by atoms with Crippen LogP contribution in [0.1, 0.15) is 19.8 Å². The van der Waals surface area contributed by atoms with Gasteiger partial charge in [-0.3, -0.25) is 4.79 Å². The Morgan fingerprint density at radius 2 is 2.19 bits per heavy atom. The summed E-state index contributed by atoms with van der Waals surface area (Å²) in [5.74, 6) is 0.252. The molecule has 0 radical (unpaired) electrons. The second kappa shape index (κ2) is 8.50. The number of nitrogens with zero attached hydrogens (tertiary/aromatic N) is 1. The summed E-state index contributed by atoms with van der Waals surface area (Å²) in [5.41, 5.74) is 5.54. The van der Waals surface area contributed by atoms with E-state index in [1.807, 2.05) is 6.92 Å². The molecule has 0 saturated carbocycles. The maximum absolute atomic E-state index is 11.7. The normalized spacial score (nSPS) is 14.6. The molecular formula is C11H24N2O3. The molecule has 96 valence electrons. The molecule has 0 aromatic carbocycles. The van der Waals surface area contributed by atoms with Crippen molar-refractivity contribution in [2.45, 2.75) is 25.9 Å². The fourth-order valence-electron chi connectivity index (χ4n) is 1.46. The summed E-state index contributed by atoms with van der Waals surface area (Å²) in [4.78, 5) is 13.3. The van der Waals surface area contributed by atoms with Crippen LogP contribution >= 0.6 is 0 Å². The summed E-state index contributed by atoms with van der Waals surface area (Å²) in [6.07, 6.45) is 0.719. The van der Waals surface area contributed by atoms with Gasteiger partial charge in [-0.25, -0.2) is 0 Å². The van der Waals surface area contributed by atoms with Crippen molar-refractivity contribution in [3.63, 3.8) is 0 Å². The first kappa shape index (κ1) is 15.3. The van der Waals surface area contributed by atoms with Crippen molar-refractivity contribution >= 4 is 5.91 Å². The number of aliphatic hydroxyl groups excluding tert-OH is 1. The average molecular weight is 232 g/mol. The molecule has 0 rings (SSSR count). The number of ether oxygens (including phenoxy) is 1. The van der Waals surface area contributed by atoms with Gasteiger partial charge in [0.2, 0.25) is 5.91 Å². The lowest BCUT2D eigenvalue weighted by molar-refractivity contribution is -0.132. The number of aliphatic hydroxyl groups is 1. The molecule has 0 saturated heterocycles. The lowest BCUT2D eigenvalue weighted by atomic mass is 10.0. The molecule has 5 heteroatoms. The minimum atomic E-state index is -0.628. The Labute approximate surface area is 97.6 Å². The van der Waals surface area contributed by atoms with Crippen molar-refractivity contribution in [1.82, 2.24) is 4.90 Å². The summed E-state index contributed by atoms with van der Waals surface area (Å²) in [5, 5.41) is 9.47. The van der Waals surface area contributed by atoms with E-state index in [0.717, 1.165) is 6.42 Å². The fourth-order valence-corrected chi connectivity index (χ4v) is 1.46. The van der Waals surface area contributed by atoms with Gasteiger partial charge in [0.15, 0.2) is 0 Å². The summed E-state index contributed by atoms with van der Waals surface area (Å²) >= 11 is 0. The lowest BCUT2D eigenvalue weighted by Crippen LogP contribution is -2.37. The van der Waals surface area contributed by atoms with E-state index in [-0.39, 0.29) is 18.4 Å². The number of carbonyl (C=O) groups excluding carboxylic acids is 1. The number of amides is 1. The van der Waals surface area contributed by atoms with Crippen LogP contribution in [0.25, 0.3) is 0 Å². The van der Waals surface area contributed by atoms with Gasteiger partial charge in [-0.05, 0) is 12.5 Å². The van der Waals surface area contributed by atoms with Crippen molar-refractivity contribution in [2.75, 3.05) is 33.9 Å². The predicted molar refractivity (Wildman–Crippen MR) is 63.0 cm³/mol. The number of hydrogen-bond donors (Lipinski definition) is 2. The molecule has 1 amide bonds. The molecule has 0 bridgehead atoms. The van der Waals surface area contributed by atoms with Crippen molar-refractivity contribution in [3.05, 3.63) is 0 Å². The Morgan fingerprint density at radius 3 is 2.62 bits per heavy atom. The monoisotopic (exact) mass is 232 g/mol. The van der Waals surface area contributed by atoms with Crippen molar-refractivity contribution < 1.29 is 14.6 Å². The van der Waals surface area contributed by atoms with E-state index in [2.05, 4.69) is 0 Å². The second-order valence-corrected chi connectivity index (χ2v) is 4.10. The molecule has 0 aliphatic heterocycles. The maximum Gasteiger partial charge on any atom is 0.222 e. The van der Waals surface area contributed by atoms with Crippen LogP contribution in [0.2, 0.25) is 0 Å². The van der Waals surface area contributed by atoms with Gasteiger partial charge in [-0.2, -0.15) is 0 Å². The van der Waals surface area contributed by atoms with Gasteiger partial charge in [0.25, 0.3) is 0 Å². The molecule has 0 heterocycles. The molecule has 0 fully saturated rings. The first-order valence-corrected chi connectivity index (χ1v) is 5.66. The molecule has 0 aliphatic carbocycles. The topological polar surface area (TPSA) is 75.8 Å². The van der Waals surface area contributed by atoms with Gasteiger partial charge in [0, 0.05) is 27.1 Å². The highest BCUT2D eigenvalue weighted by molar-refractivity contribution is 5.76. The quantitative estimate of drug-likeness (QED) is 0.609. The van der Waals surface area contributed by atoms with Gasteiger partial charge in [-0.1, -0.05) is 13.3 Å². The minimum Gasteiger partial charge on any atom is -0.389 e. The SMILES string of the molecule is CCC(CN)CC(=O)N(C)CC(O)COC. The Hall–Kier alpha value is -0.650. The molecule has 2 unspecified atom stereocenters. The lowest BCUT2D eigenvalue weighted by Gasteiger charge is -2.22. The third-order valence-corrected chi connectivity index (χ3v) is 2.64. The summed E-state index contributed by atoms with van der Waals surface area (Å²) in [7, 11) is 3.21. The van der Waals surface area contributed by atoms with Crippen molar-refractivity contribution in [3.8, 4) is 0 Å². The number of rotatable bonds is 8. The summed E-state index contributed by atoms with van der Waals surface area (Å²) in [6.45, 7) is 3.08. The molecule has 0 aliphatic rings. The number of hydrogen-bond acceptors (Lipinski definition) is 4. The minimum absolute atomic E-state index is 0.0208. The third kappa shape index (κ3) is 6.05. The van der Waals surface area contributed by atoms with E-state index in [4.69, 9.17) is 10.5 Å². The standard InChI is InChI=1S/C11H24N2O3/c1-4-9(6-12)5-11(15)13(2)7-10(14)8-16-3/h9-10,14H,4-8,12H2,1-3H3. The maximum atomic E-state index is 11.7. The third-order valence-electron chi connectivity index (χ3n) is 2.64. The summed E-state index contributed by atoms with van der Waals surface area (Å²) in [6, 6.07) is 0. The van der Waals surface area contributed by atoms with E-state index in [9.17, 15) is 9.90 Å². The van der Waals surface area contributed by atoms with Crippen LogP contribution in [0.15, 0.2) is 0 Å². The molecule has 2 atom stereocenters. The molecular weight excluding hydrogens is 208 g/mol. The van der Waals surface area contributed by atoms with E-state index >= 15 is 0 Å². The zero-order valence-corrected chi connectivity index (χ0v) is 10.5. The van der Waals surface area contributed by atoms with E-state index in [0.29, 0.717) is 19.5 Å². The molecule has 5 nitrogen and oxygen atoms in total. The van der Waals surface area contributed by atoms with Crippen LogP contribution in [-0.2, 0) is 9.53 Å². The Bertz CT molecular complexity index is 196. The number of likely N-dealkylation sites (N-methyl/N-ethyl adjacent to an activating group) is 1. The molecule has 3 N–H and O–H groups in total. The van der Waals surface area contributed by atoms with Crippen LogP contribution in [0.4, 0.5) is 0 Å². The Balaban J connectivity index is 3.97. The van der Waals surface area contributed by atoms with Gasteiger partial charge in [0.1, 0.15) is 0 Å². The summed E-state index contributed by atoms with van der Waals surface area (Å²) < 4.78 is 4.80. The second-order valence-electron chi connectivity index (χ2n) is 4.10. The van der Waals surface area contributed by atoms with E-state index in [1.54, 1.807) is 7.05 Å². The average Bonchev–Trinajstić information content (AvgIpc) is 2.25. The fraction of sp³-hybridized carbons (Fsp3) is 0.909. The zero-order chi connectivity index (χ0) is 12.6. The van der Waals surface area contributed by atoms with E-state index < -0.39 is 6.10 Å². The number of methoxy groups -OCH3 is 1. The van der Waals surface area contributed by atoms with Gasteiger partial charge in [0.05, 0.1) is 12.7 Å². The highest BCUT2D eigenvalue weighted by Gasteiger charge is 2.16. The Morgan fingerprint density at radius 1 is 1.56 bits per heavy atom. The van der Waals surface area contributed by atoms with Crippen LogP contribution in [-0.4, -0.2) is 55.9 Å². The molecule has 16 heavy (non-hydrogen) atoms. The van der Waals surface area contributed by atoms with Crippen LogP contribution in [0, 0.1) is 5.92 Å². The number of carbonyl (C=O) groups is 1. The van der Waals surface area contributed by atoms with Gasteiger partial charge < -0.3 is 20.5 Å². The number of nitrogens with two attached hydrogens (primary N) is 1. The highest BCUT2D eigenvalue weighted by Crippen LogP contribution is 2.08. The van der Waals surface area contributed by atoms with Crippen molar-refractivity contribution in [2.24, 2.45) is 11.7 Å². The van der Waals surface area contributed by atoms with E-state index in [1.165, 1.54) is 12.0 Å². The molecule has 0 spiro atoms. The van der Waals surface area contributed by atoms with Crippen LogP contribution < -0.4 is 5.73 Å². The van der Waals surface area contributed by atoms with Gasteiger partial charge >= 0.3 is 0 Å². The van der Waals surface area contributed by atoms with Gasteiger partial charge in [-0.15, -0.1) is 0 Å². The Kier molecular flexibility index (Phi) is 8.15. The smallest absolute Gasteiger partial charge is 0.222 e. The van der Waals surface area contributed by atoms with Crippen LogP contribution in [0.5, 0.6) is 0 Å². The van der Waals surface area contributed by atoms with Crippen LogP contribution in [0.3, 0.4) is 0 Å². The predicted octanol–water partition coefficient (Wildman–Crippen LogP) is -0.173. The zero-order valence-electron chi connectivity index (χ0n) is 10.5.